The zero-order valence-electron chi connectivity index (χ0n) is 12.7. The molecule has 0 aromatic carbocycles. The lowest BCUT2D eigenvalue weighted by atomic mass is 10.1. The highest BCUT2D eigenvalue weighted by Crippen LogP contribution is 2.41. The number of likely N-dealkylation sites (N-methyl/N-ethyl adjacent to an activating group) is 1. The van der Waals surface area contributed by atoms with Crippen LogP contribution < -0.4 is 0 Å². The smallest absolute Gasteiger partial charge is 0.0523 e. The fraction of sp³-hybridized carbons (Fsp3) is 0.500. The van der Waals surface area contributed by atoms with Crippen molar-refractivity contribution in [3.8, 4) is 0 Å². The molecular weight excluding hydrogens is 346 g/mol. The van der Waals surface area contributed by atoms with Crippen molar-refractivity contribution in [2.45, 2.75) is 13.0 Å². The van der Waals surface area contributed by atoms with Crippen molar-refractivity contribution < 1.29 is 0 Å². The third-order valence-electron chi connectivity index (χ3n) is 4.24. The third kappa shape index (κ3) is 3.26. The van der Waals surface area contributed by atoms with Gasteiger partial charge in [0.2, 0.25) is 0 Å². The van der Waals surface area contributed by atoms with E-state index in [1.54, 1.807) is 0 Å². The Labute approximate surface area is 139 Å². The summed E-state index contributed by atoms with van der Waals surface area (Å²) in [5.74, 6) is 0. The molecule has 114 valence electrons. The van der Waals surface area contributed by atoms with Crippen molar-refractivity contribution in [1.82, 2.24) is 14.7 Å². The van der Waals surface area contributed by atoms with Crippen LogP contribution in [0.15, 0.2) is 18.8 Å². The van der Waals surface area contributed by atoms with Crippen LogP contribution in [0, 0.1) is 0 Å². The molecule has 1 aromatic heterocycles. The maximum absolute atomic E-state index is 4.20. The topological polar surface area (TPSA) is 9.72 Å². The fourth-order valence-corrected chi connectivity index (χ4v) is 4.77. The summed E-state index contributed by atoms with van der Waals surface area (Å²) in [6, 6.07) is 2.32. The Morgan fingerprint density at radius 2 is 2.05 bits per heavy atom. The second-order valence-corrected chi connectivity index (χ2v) is 7.91. The van der Waals surface area contributed by atoms with E-state index in [-0.39, 0.29) is 0 Å². The number of fused-ring (bicyclic) bond motifs is 1. The summed E-state index contributed by atoms with van der Waals surface area (Å²) in [4.78, 5) is 9.84. The largest absolute Gasteiger partial charge is 0.350 e. The predicted molar refractivity (Wildman–Crippen MR) is 95.4 cm³/mol. The number of thiophene rings is 1. The van der Waals surface area contributed by atoms with Gasteiger partial charge in [-0.1, -0.05) is 6.58 Å². The molecule has 0 spiro atoms. The van der Waals surface area contributed by atoms with E-state index < -0.39 is 0 Å². The first kappa shape index (κ1) is 15.3. The van der Waals surface area contributed by atoms with Gasteiger partial charge in [0.05, 0.1) is 9.36 Å². The molecule has 2 aliphatic heterocycles. The van der Waals surface area contributed by atoms with Crippen LogP contribution in [0.5, 0.6) is 0 Å². The molecule has 0 aliphatic carbocycles. The van der Waals surface area contributed by atoms with Crippen molar-refractivity contribution in [3.63, 3.8) is 0 Å². The van der Waals surface area contributed by atoms with Gasteiger partial charge in [0, 0.05) is 49.0 Å². The second kappa shape index (κ2) is 6.24. The van der Waals surface area contributed by atoms with Crippen LogP contribution in [-0.4, -0.2) is 55.0 Å². The van der Waals surface area contributed by atoms with Crippen LogP contribution in [0.2, 0.25) is 0 Å². The van der Waals surface area contributed by atoms with E-state index in [1.807, 2.05) is 11.3 Å². The summed E-state index contributed by atoms with van der Waals surface area (Å²) >= 11 is 5.57. The first-order valence-corrected chi connectivity index (χ1v) is 8.99. The lowest BCUT2D eigenvalue weighted by Crippen LogP contribution is -2.28. The molecule has 0 N–H and O–H groups in total. The van der Waals surface area contributed by atoms with Gasteiger partial charge in [0.25, 0.3) is 0 Å². The average molecular weight is 368 g/mol. The minimum Gasteiger partial charge on any atom is -0.350 e. The number of hydrogen-bond acceptors (Lipinski definition) is 4. The molecule has 0 atom stereocenters. The molecule has 0 saturated carbocycles. The van der Waals surface area contributed by atoms with Crippen molar-refractivity contribution in [2.75, 3.05) is 40.3 Å². The lowest BCUT2D eigenvalue weighted by Gasteiger charge is -2.22. The maximum atomic E-state index is 4.20. The summed E-state index contributed by atoms with van der Waals surface area (Å²) in [6.45, 7) is 10.0. The Bertz CT molecular complexity index is 578. The first-order chi connectivity index (χ1) is 10.0. The maximum Gasteiger partial charge on any atom is 0.0523 e. The quantitative estimate of drug-likeness (QED) is 0.791. The summed E-state index contributed by atoms with van der Waals surface area (Å²) in [5, 5.41) is 0. The van der Waals surface area contributed by atoms with Crippen molar-refractivity contribution in [3.05, 3.63) is 34.2 Å². The third-order valence-corrected chi connectivity index (χ3v) is 6.25. The van der Waals surface area contributed by atoms with E-state index in [4.69, 9.17) is 0 Å². The standard InChI is InChI=1S/C16H22BrN3S/c1-12-14-9-13(21-16(14)15(17)11-19(12)3)10-20-6-4-5-18(2)7-8-20/h9,11H,1,4-8,10H2,2-3H3. The molecule has 0 radical (unpaired) electrons. The molecule has 3 rings (SSSR count). The average Bonchev–Trinajstić information content (AvgIpc) is 2.76. The van der Waals surface area contributed by atoms with Crippen LogP contribution in [0.25, 0.3) is 10.2 Å². The van der Waals surface area contributed by atoms with Gasteiger partial charge in [-0.25, -0.2) is 0 Å². The van der Waals surface area contributed by atoms with Crippen molar-refractivity contribution in [2.24, 2.45) is 0 Å². The minimum absolute atomic E-state index is 1.06. The Balaban J connectivity index is 1.76. The molecule has 1 fully saturated rings. The Morgan fingerprint density at radius 3 is 2.86 bits per heavy atom. The van der Waals surface area contributed by atoms with Crippen molar-refractivity contribution in [1.29, 1.82) is 0 Å². The molecule has 3 heterocycles. The molecule has 0 unspecified atom stereocenters. The second-order valence-electron chi connectivity index (χ2n) is 5.92. The van der Waals surface area contributed by atoms with E-state index in [2.05, 4.69) is 63.6 Å². The summed E-state index contributed by atoms with van der Waals surface area (Å²) in [7, 11) is 4.27. The van der Waals surface area contributed by atoms with Gasteiger partial charge >= 0.3 is 0 Å². The molecule has 1 aromatic rings. The predicted octanol–water partition coefficient (Wildman–Crippen LogP) is 3.50. The Kier molecular flexibility index (Phi) is 4.54. The molecule has 1 saturated heterocycles. The molecule has 0 amide bonds. The molecule has 21 heavy (non-hydrogen) atoms. The molecule has 5 heteroatoms. The molecular formula is C16H22BrN3S. The van der Waals surface area contributed by atoms with Crippen LogP contribution in [-0.2, 0) is 6.54 Å². The van der Waals surface area contributed by atoms with E-state index in [1.165, 1.54) is 45.9 Å². The van der Waals surface area contributed by atoms with Gasteiger partial charge in [-0.2, -0.15) is 0 Å². The number of hydrogen-bond donors (Lipinski definition) is 0. The number of halogens is 1. The zero-order chi connectivity index (χ0) is 15.0. The zero-order valence-corrected chi connectivity index (χ0v) is 15.1. The van der Waals surface area contributed by atoms with Crippen LogP contribution >= 0.6 is 27.3 Å². The van der Waals surface area contributed by atoms with E-state index in [0.717, 1.165) is 18.8 Å². The van der Waals surface area contributed by atoms with Gasteiger partial charge < -0.3 is 9.80 Å². The van der Waals surface area contributed by atoms with Gasteiger partial charge in [-0.05, 0) is 48.6 Å². The Morgan fingerprint density at radius 1 is 1.24 bits per heavy atom. The first-order valence-electron chi connectivity index (χ1n) is 7.38. The van der Waals surface area contributed by atoms with E-state index in [9.17, 15) is 0 Å². The van der Waals surface area contributed by atoms with Gasteiger partial charge in [0.1, 0.15) is 0 Å². The monoisotopic (exact) mass is 367 g/mol. The molecule has 0 bridgehead atoms. The van der Waals surface area contributed by atoms with Crippen LogP contribution in [0.4, 0.5) is 0 Å². The van der Waals surface area contributed by atoms with Gasteiger partial charge in [-0.15, -0.1) is 11.3 Å². The summed E-state index contributed by atoms with van der Waals surface area (Å²) < 4.78 is 1.17. The Hall–Kier alpha value is -0.620. The minimum atomic E-state index is 1.06. The highest BCUT2D eigenvalue weighted by atomic mass is 79.9. The fourth-order valence-electron chi connectivity index (χ4n) is 2.89. The normalized spacial score (nSPS) is 21.2. The summed E-state index contributed by atoms with van der Waals surface area (Å²) in [6.07, 6.45) is 3.37. The van der Waals surface area contributed by atoms with Crippen molar-refractivity contribution >= 4 is 37.4 Å². The summed E-state index contributed by atoms with van der Waals surface area (Å²) in [5.41, 5.74) is 2.37. The highest BCUT2D eigenvalue weighted by Gasteiger charge is 2.22. The van der Waals surface area contributed by atoms with Gasteiger partial charge in [-0.3, -0.25) is 4.90 Å². The van der Waals surface area contributed by atoms with Crippen LogP contribution in [0.3, 0.4) is 0 Å². The number of nitrogens with zero attached hydrogens (tertiary/aromatic N) is 3. The SMILES string of the molecule is C=C1c2cc(CN3CCCN(C)CC3)sc2C(Br)=CN1C. The molecule has 3 nitrogen and oxygen atoms in total. The van der Waals surface area contributed by atoms with E-state index >= 15 is 0 Å². The van der Waals surface area contributed by atoms with Crippen LogP contribution in [0.1, 0.15) is 21.7 Å². The highest BCUT2D eigenvalue weighted by molar-refractivity contribution is 9.15. The lowest BCUT2D eigenvalue weighted by molar-refractivity contribution is 0.271. The molecule has 2 aliphatic rings. The number of rotatable bonds is 2. The van der Waals surface area contributed by atoms with E-state index in [0.29, 0.717) is 0 Å². The van der Waals surface area contributed by atoms with Gasteiger partial charge in [0.15, 0.2) is 0 Å².